The summed E-state index contributed by atoms with van der Waals surface area (Å²) in [5.74, 6) is 0.397. The number of hydrogen-bond acceptors (Lipinski definition) is 7. The van der Waals surface area contributed by atoms with Crippen LogP contribution in [0.4, 0.5) is 5.69 Å². The summed E-state index contributed by atoms with van der Waals surface area (Å²) in [5.41, 5.74) is 9.89. The number of nitrogen functional groups attached to an aromatic ring is 1. The van der Waals surface area contributed by atoms with Crippen LogP contribution in [0.1, 0.15) is 55.4 Å². The average molecular weight is 464 g/mol. The second-order valence-corrected chi connectivity index (χ2v) is 9.11. The molecule has 0 radical (unpaired) electrons. The van der Waals surface area contributed by atoms with Gasteiger partial charge in [-0.3, -0.25) is 9.36 Å². The van der Waals surface area contributed by atoms with Crippen LogP contribution in [-0.4, -0.2) is 22.4 Å². The third-order valence-corrected chi connectivity index (χ3v) is 7.32. The number of nitrogens with one attached hydrogen (secondary N) is 1. The number of benzene rings is 1. The molecule has 0 aliphatic carbocycles. The van der Waals surface area contributed by atoms with Crippen molar-refractivity contribution in [1.82, 2.24) is 4.57 Å². The molecule has 0 unspecified atom stereocenters. The number of rotatable bonds is 4. The van der Waals surface area contributed by atoms with Crippen LogP contribution in [0.25, 0.3) is 22.3 Å². The Morgan fingerprint density at radius 2 is 2.00 bits per heavy atom. The standard InChI is InChI=1S/C25H25N3O6/c1-3-5-6-12-13-9-28-17(7-15-14(23(28)29)10-32-24(30)25(15,31)4-2)21(13)27-16-8-18-22(34-11-33-18)20(26)19(12)16/h7-8,31H,3-6,9-11,26H2,1-2H3/p+1/t25-/m0/s1. The summed E-state index contributed by atoms with van der Waals surface area (Å²) in [7, 11) is 0. The van der Waals surface area contributed by atoms with Crippen LogP contribution in [0.2, 0.25) is 0 Å². The van der Waals surface area contributed by atoms with Gasteiger partial charge < -0.3 is 25.1 Å². The molecule has 1 aromatic carbocycles. The number of hydrogen-bond donors (Lipinski definition) is 2. The molecule has 3 aliphatic rings. The Bertz CT molecular complexity index is 1460. The van der Waals surface area contributed by atoms with Crippen molar-refractivity contribution in [2.45, 2.75) is 58.3 Å². The molecule has 3 aliphatic heterocycles. The number of unbranched alkanes of at least 4 members (excludes halogenated alkanes) is 1. The molecule has 34 heavy (non-hydrogen) atoms. The topological polar surface area (TPSA) is 127 Å². The van der Waals surface area contributed by atoms with Crippen molar-refractivity contribution in [2.24, 2.45) is 0 Å². The molecule has 0 fully saturated rings. The Kier molecular flexibility index (Phi) is 4.44. The second kappa shape index (κ2) is 7.20. The fourth-order valence-electron chi connectivity index (χ4n) is 5.45. The summed E-state index contributed by atoms with van der Waals surface area (Å²) >= 11 is 0. The van der Waals surface area contributed by atoms with Gasteiger partial charge in [0.15, 0.2) is 17.1 Å². The number of carbonyl (C=O) groups excluding carboxylic acids is 1. The number of nitrogens with two attached hydrogens (primary N) is 1. The first-order valence-electron chi connectivity index (χ1n) is 11.6. The number of aliphatic hydroxyl groups is 1. The Hall–Kier alpha value is -3.59. The molecule has 6 rings (SSSR count). The molecule has 0 spiro atoms. The van der Waals surface area contributed by atoms with E-state index in [9.17, 15) is 14.7 Å². The maximum absolute atomic E-state index is 13.5. The van der Waals surface area contributed by atoms with Gasteiger partial charge in [-0.2, -0.15) is 0 Å². The number of aromatic amines is 1. The zero-order chi connectivity index (χ0) is 23.8. The number of nitrogens with zero attached hydrogens (tertiary/aromatic N) is 1. The van der Waals surface area contributed by atoms with Crippen molar-refractivity contribution in [3.8, 4) is 22.9 Å². The highest BCUT2D eigenvalue weighted by molar-refractivity contribution is 5.98. The number of esters is 1. The van der Waals surface area contributed by atoms with Crippen LogP contribution in [0.15, 0.2) is 16.9 Å². The summed E-state index contributed by atoms with van der Waals surface area (Å²) in [6, 6.07) is 3.64. The van der Waals surface area contributed by atoms with E-state index in [1.807, 2.05) is 6.07 Å². The van der Waals surface area contributed by atoms with E-state index in [2.05, 4.69) is 11.9 Å². The largest absolute Gasteiger partial charge is 0.458 e. The highest BCUT2D eigenvalue weighted by atomic mass is 16.7. The van der Waals surface area contributed by atoms with E-state index in [0.29, 0.717) is 40.6 Å². The fourth-order valence-corrected chi connectivity index (χ4v) is 5.45. The van der Waals surface area contributed by atoms with E-state index in [-0.39, 0.29) is 25.4 Å². The minimum atomic E-state index is -1.84. The third kappa shape index (κ3) is 2.61. The van der Waals surface area contributed by atoms with E-state index in [0.717, 1.165) is 47.0 Å². The van der Waals surface area contributed by atoms with Gasteiger partial charge in [-0.15, -0.1) is 0 Å². The molecule has 9 nitrogen and oxygen atoms in total. The van der Waals surface area contributed by atoms with Crippen molar-refractivity contribution in [2.75, 3.05) is 12.5 Å². The molecule has 1 atom stereocenters. The molecule has 0 bridgehead atoms. The normalized spacial score (nSPS) is 19.7. The highest BCUT2D eigenvalue weighted by Gasteiger charge is 2.46. The van der Waals surface area contributed by atoms with Gasteiger partial charge in [-0.1, -0.05) is 20.3 Å². The number of ether oxygens (including phenoxy) is 3. The van der Waals surface area contributed by atoms with Crippen molar-refractivity contribution >= 4 is 22.6 Å². The number of anilines is 1. The monoisotopic (exact) mass is 464 g/mol. The molecule has 9 heteroatoms. The van der Waals surface area contributed by atoms with Crippen LogP contribution in [0, 0.1) is 0 Å². The van der Waals surface area contributed by atoms with Gasteiger partial charge in [0.05, 0.1) is 29.2 Å². The lowest BCUT2D eigenvalue weighted by atomic mass is 9.86. The number of fused-ring (bicyclic) bond motifs is 6. The summed E-state index contributed by atoms with van der Waals surface area (Å²) in [6.45, 7) is 4.17. The van der Waals surface area contributed by atoms with Crippen LogP contribution in [0.3, 0.4) is 0 Å². The number of aromatic nitrogens is 2. The molecule has 3 aromatic rings. The first-order valence-corrected chi connectivity index (χ1v) is 11.6. The number of H-pyrrole nitrogens is 1. The van der Waals surface area contributed by atoms with E-state index in [1.165, 1.54) is 0 Å². The first kappa shape index (κ1) is 21.0. The lowest BCUT2D eigenvalue weighted by molar-refractivity contribution is -0.331. The molecule has 176 valence electrons. The Labute approximate surface area is 195 Å². The number of carbonyl (C=O) groups is 1. The number of aryl methyl sites for hydroxylation is 1. The van der Waals surface area contributed by atoms with Gasteiger partial charge >= 0.3 is 5.97 Å². The summed E-state index contributed by atoms with van der Waals surface area (Å²) in [4.78, 5) is 29.4. The van der Waals surface area contributed by atoms with E-state index < -0.39 is 11.6 Å². The van der Waals surface area contributed by atoms with Crippen molar-refractivity contribution in [3.63, 3.8) is 0 Å². The lowest BCUT2D eigenvalue weighted by Crippen LogP contribution is -2.44. The number of cyclic esters (lactones) is 1. The Balaban J connectivity index is 1.65. The molecule has 0 amide bonds. The molecule has 0 saturated heterocycles. The Morgan fingerprint density at radius 3 is 2.76 bits per heavy atom. The predicted octanol–water partition coefficient (Wildman–Crippen LogP) is 2.15. The Morgan fingerprint density at radius 1 is 1.18 bits per heavy atom. The van der Waals surface area contributed by atoms with Crippen LogP contribution in [-0.2, 0) is 34.7 Å². The predicted molar refractivity (Wildman–Crippen MR) is 122 cm³/mol. The zero-order valence-electron chi connectivity index (χ0n) is 19.1. The van der Waals surface area contributed by atoms with Gasteiger partial charge in [-0.25, -0.2) is 9.78 Å². The van der Waals surface area contributed by atoms with Gasteiger partial charge in [-0.05, 0) is 30.9 Å². The highest BCUT2D eigenvalue weighted by Crippen LogP contribution is 2.46. The molecular formula is C25H26N3O6+. The molecule has 4 N–H and O–H groups in total. The maximum atomic E-state index is 13.5. The van der Waals surface area contributed by atoms with Crippen LogP contribution >= 0.6 is 0 Å². The van der Waals surface area contributed by atoms with E-state index >= 15 is 0 Å². The molecule has 5 heterocycles. The van der Waals surface area contributed by atoms with Gasteiger partial charge in [0.2, 0.25) is 18.0 Å². The molecule has 2 aromatic heterocycles. The zero-order valence-corrected chi connectivity index (χ0v) is 19.1. The molecule has 0 saturated carbocycles. The van der Waals surface area contributed by atoms with Gasteiger partial charge in [0.1, 0.15) is 12.3 Å². The van der Waals surface area contributed by atoms with Gasteiger partial charge in [0.25, 0.3) is 5.56 Å². The third-order valence-electron chi connectivity index (χ3n) is 7.32. The minimum Gasteiger partial charge on any atom is -0.458 e. The fraction of sp³-hybridized carbons (Fsp3) is 0.400. The van der Waals surface area contributed by atoms with Gasteiger partial charge in [0, 0.05) is 11.1 Å². The summed E-state index contributed by atoms with van der Waals surface area (Å²) in [6.07, 6.45) is 2.86. The van der Waals surface area contributed by atoms with Crippen LogP contribution < -0.4 is 25.8 Å². The van der Waals surface area contributed by atoms with Crippen LogP contribution in [0.5, 0.6) is 11.5 Å². The minimum absolute atomic E-state index is 0.109. The maximum Gasteiger partial charge on any atom is 0.343 e. The van der Waals surface area contributed by atoms with E-state index in [1.54, 1.807) is 17.6 Å². The molecular weight excluding hydrogens is 438 g/mol. The lowest BCUT2D eigenvalue weighted by Gasteiger charge is -2.31. The van der Waals surface area contributed by atoms with E-state index in [4.69, 9.17) is 19.9 Å². The number of pyridine rings is 2. The van der Waals surface area contributed by atoms with Crippen molar-refractivity contribution < 1.29 is 29.1 Å². The SMILES string of the molecule is CCCCc1c2c([nH+]c3cc4c(c(N)c13)OCO4)-c1cc3c(c(=O)n1C2)COC(=O)[C@]3(O)CC. The second-order valence-electron chi connectivity index (χ2n) is 9.11. The summed E-state index contributed by atoms with van der Waals surface area (Å²) < 4.78 is 18.1. The first-order chi connectivity index (χ1) is 16.4. The smallest absolute Gasteiger partial charge is 0.343 e. The summed E-state index contributed by atoms with van der Waals surface area (Å²) in [5, 5.41) is 12.0. The van der Waals surface area contributed by atoms with Crippen molar-refractivity contribution in [3.05, 3.63) is 44.7 Å². The average Bonchev–Trinajstić information content (AvgIpc) is 3.45. The van der Waals surface area contributed by atoms with Crippen molar-refractivity contribution in [1.29, 1.82) is 0 Å². The quantitative estimate of drug-likeness (QED) is 0.350.